The number of nitrogens with zero attached hydrogens (tertiary/aromatic N) is 1. The second-order valence-corrected chi connectivity index (χ2v) is 4.72. The molecule has 1 unspecified atom stereocenters. The fourth-order valence-electron chi connectivity index (χ4n) is 1.65. The zero-order valence-electron chi connectivity index (χ0n) is 11.0. The Labute approximate surface area is 105 Å². The lowest BCUT2D eigenvalue weighted by molar-refractivity contribution is -0.133. The van der Waals surface area contributed by atoms with E-state index < -0.39 is 0 Å². The predicted octanol–water partition coefficient (Wildman–Crippen LogP) is 3.82. The summed E-state index contributed by atoms with van der Waals surface area (Å²) in [4.78, 5) is 14.0. The zero-order valence-corrected chi connectivity index (χ0v) is 11.7. The molecule has 16 heavy (non-hydrogen) atoms. The van der Waals surface area contributed by atoms with Crippen LogP contribution in [0.2, 0.25) is 0 Å². The van der Waals surface area contributed by atoms with Crippen LogP contribution in [0, 0.1) is 0 Å². The third-order valence-corrected chi connectivity index (χ3v) is 3.24. The number of alkyl halides is 1. The van der Waals surface area contributed by atoms with Crippen LogP contribution >= 0.6 is 11.6 Å². The molecule has 0 aliphatic heterocycles. The third kappa shape index (κ3) is 6.37. The summed E-state index contributed by atoms with van der Waals surface area (Å²) in [5, 5.41) is 0. The maximum Gasteiger partial charge on any atom is 0.222 e. The second kappa shape index (κ2) is 9.95. The van der Waals surface area contributed by atoms with Gasteiger partial charge in [0.15, 0.2) is 0 Å². The van der Waals surface area contributed by atoms with Crippen molar-refractivity contribution < 1.29 is 4.79 Å². The summed E-state index contributed by atoms with van der Waals surface area (Å²) in [6, 6.07) is 0.370. The first-order valence-corrected chi connectivity index (χ1v) is 7.06. The van der Waals surface area contributed by atoms with Gasteiger partial charge in [-0.15, -0.1) is 11.6 Å². The van der Waals surface area contributed by atoms with Crippen molar-refractivity contribution >= 4 is 17.5 Å². The lowest BCUT2D eigenvalue weighted by Crippen LogP contribution is -2.38. The Balaban J connectivity index is 4.09. The van der Waals surface area contributed by atoms with E-state index in [4.69, 9.17) is 11.6 Å². The summed E-state index contributed by atoms with van der Waals surface area (Å²) in [5.74, 6) is 0.957. The Morgan fingerprint density at radius 1 is 1.25 bits per heavy atom. The molecule has 0 N–H and O–H groups in total. The molecule has 0 saturated carbocycles. The second-order valence-electron chi connectivity index (χ2n) is 4.34. The highest BCUT2D eigenvalue weighted by Gasteiger charge is 2.17. The monoisotopic (exact) mass is 247 g/mol. The van der Waals surface area contributed by atoms with Crippen molar-refractivity contribution in [3.63, 3.8) is 0 Å². The fourth-order valence-corrected chi connectivity index (χ4v) is 1.84. The van der Waals surface area contributed by atoms with Gasteiger partial charge >= 0.3 is 0 Å². The van der Waals surface area contributed by atoms with Gasteiger partial charge in [0.25, 0.3) is 0 Å². The average molecular weight is 248 g/mol. The maximum absolute atomic E-state index is 12.0. The molecular weight excluding hydrogens is 222 g/mol. The number of amides is 1. The van der Waals surface area contributed by atoms with E-state index in [-0.39, 0.29) is 0 Å². The normalized spacial score (nSPS) is 12.5. The highest BCUT2D eigenvalue weighted by atomic mass is 35.5. The van der Waals surface area contributed by atoms with Gasteiger partial charge in [0.2, 0.25) is 5.91 Å². The molecule has 0 heterocycles. The molecular formula is C13H26ClNO. The van der Waals surface area contributed by atoms with Crippen LogP contribution in [0.25, 0.3) is 0 Å². The number of hydrogen-bond acceptors (Lipinski definition) is 1. The molecule has 0 aliphatic carbocycles. The number of unbranched alkanes of at least 4 members (excludes halogenated alkanes) is 2. The van der Waals surface area contributed by atoms with Crippen molar-refractivity contribution in [1.82, 2.24) is 4.90 Å². The Morgan fingerprint density at radius 3 is 2.44 bits per heavy atom. The number of carbonyl (C=O) groups is 1. The largest absolute Gasteiger partial charge is 0.340 e. The lowest BCUT2D eigenvalue weighted by Gasteiger charge is -2.28. The van der Waals surface area contributed by atoms with Crippen LogP contribution in [-0.4, -0.2) is 29.3 Å². The number of carbonyl (C=O) groups excluding carboxylic acids is 1. The van der Waals surface area contributed by atoms with Crippen LogP contribution < -0.4 is 0 Å². The van der Waals surface area contributed by atoms with E-state index in [2.05, 4.69) is 20.8 Å². The summed E-state index contributed by atoms with van der Waals surface area (Å²) in [6.45, 7) is 7.34. The Kier molecular flexibility index (Phi) is 9.80. The summed E-state index contributed by atoms with van der Waals surface area (Å²) in [6.07, 6.45) is 5.79. The first-order chi connectivity index (χ1) is 7.67. The topological polar surface area (TPSA) is 20.3 Å². The van der Waals surface area contributed by atoms with Gasteiger partial charge in [0.1, 0.15) is 0 Å². The highest BCUT2D eigenvalue weighted by molar-refractivity contribution is 6.17. The van der Waals surface area contributed by atoms with E-state index >= 15 is 0 Å². The number of rotatable bonds is 9. The molecule has 0 aromatic rings. The quantitative estimate of drug-likeness (QED) is 0.448. The lowest BCUT2D eigenvalue weighted by atomic mass is 10.1. The minimum atomic E-state index is 0.299. The summed E-state index contributed by atoms with van der Waals surface area (Å²) in [7, 11) is 0. The van der Waals surface area contributed by atoms with Gasteiger partial charge in [-0.05, 0) is 32.6 Å². The van der Waals surface area contributed by atoms with Crippen molar-refractivity contribution in [3.8, 4) is 0 Å². The van der Waals surface area contributed by atoms with Crippen LogP contribution in [0.3, 0.4) is 0 Å². The first kappa shape index (κ1) is 15.8. The van der Waals surface area contributed by atoms with Crippen LogP contribution in [0.4, 0.5) is 0 Å². The zero-order chi connectivity index (χ0) is 12.4. The van der Waals surface area contributed by atoms with Crippen molar-refractivity contribution in [2.45, 2.75) is 65.3 Å². The van der Waals surface area contributed by atoms with Crippen LogP contribution in [0.1, 0.15) is 59.3 Å². The van der Waals surface area contributed by atoms with E-state index in [9.17, 15) is 4.79 Å². The van der Waals surface area contributed by atoms with Gasteiger partial charge in [0.05, 0.1) is 0 Å². The number of halogens is 1. The molecule has 1 atom stereocenters. The Hall–Kier alpha value is -0.240. The molecule has 0 fully saturated rings. The molecule has 2 nitrogen and oxygen atoms in total. The average Bonchev–Trinajstić information content (AvgIpc) is 2.29. The third-order valence-electron chi connectivity index (χ3n) is 2.97. The van der Waals surface area contributed by atoms with Gasteiger partial charge < -0.3 is 4.90 Å². The maximum atomic E-state index is 12.0. The Bertz CT molecular complexity index is 185. The molecule has 0 aliphatic rings. The van der Waals surface area contributed by atoms with E-state index in [1.165, 1.54) is 0 Å². The minimum absolute atomic E-state index is 0.299. The molecule has 96 valence electrons. The van der Waals surface area contributed by atoms with Gasteiger partial charge in [0, 0.05) is 24.9 Å². The van der Waals surface area contributed by atoms with Gasteiger partial charge in [-0.1, -0.05) is 20.3 Å². The predicted molar refractivity (Wildman–Crippen MR) is 70.9 cm³/mol. The van der Waals surface area contributed by atoms with E-state index in [0.717, 1.165) is 38.6 Å². The molecule has 0 aromatic heterocycles. The van der Waals surface area contributed by atoms with Crippen LogP contribution in [0.5, 0.6) is 0 Å². The molecule has 1 amide bonds. The van der Waals surface area contributed by atoms with Crippen molar-refractivity contribution in [2.24, 2.45) is 0 Å². The Morgan fingerprint density at radius 2 is 1.94 bits per heavy atom. The highest BCUT2D eigenvalue weighted by Crippen LogP contribution is 2.10. The van der Waals surface area contributed by atoms with E-state index in [1.807, 2.05) is 4.90 Å². The van der Waals surface area contributed by atoms with Gasteiger partial charge in [-0.2, -0.15) is 0 Å². The summed E-state index contributed by atoms with van der Waals surface area (Å²) < 4.78 is 0. The van der Waals surface area contributed by atoms with Crippen molar-refractivity contribution in [1.29, 1.82) is 0 Å². The standard InChI is InChI=1S/C13H26ClNO/c1-4-6-11-15(12(3)5-2)13(16)9-7-8-10-14/h12H,4-11H2,1-3H3. The summed E-state index contributed by atoms with van der Waals surface area (Å²) in [5.41, 5.74) is 0. The van der Waals surface area contributed by atoms with Crippen LogP contribution in [0.15, 0.2) is 0 Å². The fraction of sp³-hybridized carbons (Fsp3) is 0.923. The van der Waals surface area contributed by atoms with E-state index in [0.29, 0.717) is 24.2 Å². The SMILES string of the molecule is CCCCN(C(=O)CCCCCl)C(C)CC. The molecule has 0 spiro atoms. The molecule has 0 radical (unpaired) electrons. The summed E-state index contributed by atoms with van der Waals surface area (Å²) >= 11 is 5.61. The first-order valence-electron chi connectivity index (χ1n) is 6.52. The van der Waals surface area contributed by atoms with Crippen molar-refractivity contribution in [3.05, 3.63) is 0 Å². The molecule has 0 aromatic carbocycles. The van der Waals surface area contributed by atoms with Gasteiger partial charge in [-0.3, -0.25) is 4.79 Å². The smallest absolute Gasteiger partial charge is 0.222 e. The minimum Gasteiger partial charge on any atom is -0.340 e. The molecule has 3 heteroatoms. The molecule has 0 bridgehead atoms. The van der Waals surface area contributed by atoms with Crippen LogP contribution in [-0.2, 0) is 4.79 Å². The molecule has 0 saturated heterocycles. The van der Waals surface area contributed by atoms with E-state index in [1.54, 1.807) is 0 Å². The molecule has 0 rings (SSSR count). The van der Waals surface area contributed by atoms with Crippen molar-refractivity contribution in [2.75, 3.05) is 12.4 Å². The van der Waals surface area contributed by atoms with Gasteiger partial charge in [-0.25, -0.2) is 0 Å². The number of hydrogen-bond donors (Lipinski definition) is 0.